The molecule has 1 aliphatic rings. The van der Waals surface area contributed by atoms with E-state index in [0.717, 1.165) is 41.7 Å². The van der Waals surface area contributed by atoms with Crippen molar-refractivity contribution in [2.75, 3.05) is 24.6 Å². The molecule has 2 rings (SSSR count). The van der Waals surface area contributed by atoms with Gasteiger partial charge >= 0.3 is 5.97 Å². The third kappa shape index (κ3) is 4.61. The molecule has 0 saturated carbocycles. The Morgan fingerprint density at radius 3 is 2.91 bits per heavy atom. The van der Waals surface area contributed by atoms with Crippen LogP contribution in [0.3, 0.4) is 0 Å². The number of anilines is 1. The molecule has 0 amide bonds. The Labute approximate surface area is 150 Å². The summed E-state index contributed by atoms with van der Waals surface area (Å²) in [4.78, 5) is 13.8. The monoisotopic (exact) mass is 403 g/mol. The Bertz CT molecular complexity index is 581. The van der Waals surface area contributed by atoms with Crippen molar-refractivity contribution < 1.29 is 14.6 Å². The maximum Gasteiger partial charge on any atom is 0.305 e. The predicted octanol–water partition coefficient (Wildman–Crippen LogP) is 4.15. The second-order valence-electron chi connectivity index (χ2n) is 6.33. The van der Waals surface area contributed by atoms with E-state index < -0.39 is 0 Å². The van der Waals surface area contributed by atoms with E-state index in [-0.39, 0.29) is 18.0 Å². The molecule has 1 atom stereocenters. The number of rotatable bonds is 6. The average molecular weight is 405 g/mol. The number of nitrogens with zero attached hydrogens (tertiary/aromatic N) is 1. The van der Waals surface area contributed by atoms with Crippen LogP contribution in [0, 0.1) is 5.41 Å². The van der Waals surface area contributed by atoms with Gasteiger partial charge in [0.15, 0.2) is 0 Å². The second-order valence-corrected chi connectivity index (χ2v) is 7.62. The van der Waals surface area contributed by atoms with Gasteiger partial charge in [-0.1, -0.05) is 34.5 Å². The lowest BCUT2D eigenvalue weighted by Gasteiger charge is -2.27. The topological polar surface area (TPSA) is 49.8 Å². The highest BCUT2D eigenvalue weighted by molar-refractivity contribution is 9.10. The van der Waals surface area contributed by atoms with E-state index in [0.29, 0.717) is 18.1 Å². The predicted molar refractivity (Wildman–Crippen MR) is 95.9 cm³/mol. The quantitative estimate of drug-likeness (QED) is 0.724. The molecule has 1 heterocycles. The van der Waals surface area contributed by atoms with Crippen LogP contribution in [0.5, 0.6) is 0 Å². The van der Waals surface area contributed by atoms with Gasteiger partial charge in [0.25, 0.3) is 0 Å². The van der Waals surface area contributed by atoms with Gasteiger partial charge in [0.1, 0.15) is 0 Å². The minimum absolute atomic E-state index is 0.0386. The van der Waals surface area contributed by atoms with Gasteiger partial charge in [0.05, 0.1) is 13.2 Å². The molecule has 1 aromatic carbocycles. The van der Waals surface area contributed by atoms with Crippen LogP contribution in [0.25, 0.3) is 0 Å². The Morgan fingerprint density at radius 2 is 2.26 bits per heavy atom. The maximum absolute atomic E-state index is 11.6. The highest BCUT2D eigenvalue weighted by Crippen LogP contribution is 2.40. The zero-order chi connectivity index (χ0) is 17.0. The number of esters is 1. The smallest absolute Gasteiger partial charge is 0.305 e. The summed E-state index contributed by atoms with van der Waals surface area (Å²) in [7, 11) is 0. The van der Waals surface area contributed by atoms with Gasteiger partial charge < -0.3 is 14.7 Å². The molecule has 6 heteroatoms. The van der Waals surface area contributed by atoms with Crippen molar-refractivity contribution in [1.82, 2.24) is 0 Å². The van der Waals surface area contributed by atoms with Crippen LogP contribution in [0.1, 0.15) is 38.7 Å². The lowest BCUT2D eigenvalue weighted by atomic mass is 9.85. The number of aliphatic hydroxyl groups is 1. The number of carbonyl (C=O) groups is 1. The van der Waals surface area contributed by atoms with Gasteiger partial charge in [-0.2, -0.15) is 0 Å². The van der Waals surface area contributed by atoms with Crippen molar-refractivity contribution in [2.24, 2.45) is 5.41 Å². The van der Waals surface area contributed by atoms with Gasteiger partial charge in [-0.3, -0.25) is 4.79 Å². The molecule has 0 bridgehead atoms. The third-order valence-corrected chi connectivity index (χ3v) is 5.36. The van der Waals surface area contributed by atoms with Crippen LogP contribution >= 0.6 is 27.5 Å². The lowest BCUT2D eigenvalue weighted by Crippen LogP contribution is -2.26. The molecule has 4 nitrogen and oxygen atoms in total. The fourth-order valence-electron chi connectivity index (χ4n) is 3.10. The Balaban J connectivity index is 2.09. The van der Waals surface area contributed by atoms with Crippen LogP contribution in [-0.2, 0) is 16.1 Å². The van der Waals surface area contributed by atoms with E-state index in [9.17, 15) is 9.90 Å². The first-order valence-electron chi connectivity index (χ1n) is 7.88. The molecule has 23 heavy (non-hydrogen) atoms. The van der Waals surface area contributed by atoms with Gasteiger partial charge in [0.2, 0.25) is 0 Å². The van der Waals surface area contributed by atoms with Crippen molar-refractivity contribution >= 4 is 39.2 Å². The standard InChI is InChI=1S/C17H23BrClNO3/c1-3-23-16(22)4-5-17(2)6-7-20(11-17)15-9-12(19)8-14(18)13(15)10-21/h8-9,21H,3-7,10-11H2,1-2H3. The van der Waals surface area contributed by atoms with Gasteiger partial charge in [-0.05, 0) is 37.3 Å². The summed E-state index contributed by atoms with van der Waals surface area (Å²) >= 11 is 9.64. The normalized spacial score (nSPS) is 20.8. The maximum atomic E-state index is 11.6. The molecule has 1 unspecified atom stereocenters. The van der Waals surface area contributed by atoms with E-state index in [1.54, 1.807) is 6.07 Å². The molecule has 128 valence electrons. The first kappa shape index (κ1) is 18.6. The summed E-state index contributed by atoms with van der Waals surface area (Å²) in [5, 5.41) is 10.3. The van der Waals surface area contributed by atoms with Crippen LogP contribution in [0.4, 0.5) is 5.69 Å². The van der Waals surface area contributed by atoms with Crippen LogP contribution < -0.4 is 4.90 Å². The summed E-state index contributed by atoms with van der Waals surface area (Å²) in [5.74, 6) is -0.131. The molecule has 1 N–H and O–H groups in total. The fraction of sp³-hybridized carbons (Fsp3) is 0.588. The third-order valence-electron chi connectivity index (χ3n) is 4.43. The van der Waals surface area contributed by atoms with E-state index in [4.69, 9.17) is 16.3 Å². The highest BCUT2D eigenvalue weighted by atomic mass is 79.9. The van der Waals surface area contributed by atoms with Gasteiger partial charge in [-0.25, -0.2) is 0 Å². The first-order chi connectivity index (χ1) is 10.9. The summed E-state index contributed by atoms with van der Waals surface area (Å²) in [6, 6.07) is 3.70. The highest BCUT2D eigenvalue weighted by Gasteiger charge is 2.35. The van der Waals surface area contributed by atoms with E-state index >= 15 is 0 Å². The zero-order valence-electron chi connectivity index (χ0n) is 13.6. The second kappa shape index (κ2) is 7.86. The molecule has 1 fully saturated rings. The van der Waals surface area contributed by atoms with Crippen molar-refractivity contribution in [1.29, 1.82) is 0 Å². The summed E-state index contributed by atoms with van der Waals surface area (Å²) in [6.07, 6.45) is 2.25. The number of hydrogen-bond acceptors (Lipinski definition) is 4. The van der Waals surface area contributed by atoms with Crippen molar-refractivity contribution in [3.8, 4) is 0 Å². The Kier molecular flexibility index (Phi) is 6.34. The zero-order valence-corrected chi connectivity index (χ0v) is 15.9. The number of benzene rings is 1. The lowest BCUT2D eigenvalue weighted by molar-refractivity contribution is -0.143. The van der Waals surface area contributed by atoms with Crippen LogP contribution in [0.2, 0.25) is 5.02 Å². The number of ether oxygens (including phenoxy) is 1. The number of halogens is 2. The molecule has 0 spiro atoms. The van der Waals surface area contributed by atoms with Gasteiger partial charge in [-0.15, -0.1) is 0 Å². The molecule has 1 aliphatic heterocycles. The van der Waals surface area contributed by atoms with Crippen LogP contribution in [-0.4, -0.2) is 30.8 Å². The van der Waals surface area contributed by atoms with Crippen molar-refractivity contribution in [3.63, 3.8) is 0 Å². The molecule has 1 aromatic rings. The SMILES string of the molecule is CCOC(=O)CCC1(C)CCN(c2cc(Cl)cc(Br)c2CO)C1. The molecular weight excluding hydrogens is 382 g/mol. The number of carbonyl (C=O) groups excluding carboxylic acids is 1. The summed E-state index contributed by atoms with van der Waals surface area (Å²) in [6.45, 7) is 6.14. The largest absolute Gasteiger partial charge is 0.466 e. The summed E-state index contributed by atoms with van der Waals surface area (Å²) < 4.78 is 5.84. The van der Waals surface area contributed by atoms with Crippen molar-refractivity contribution in [2.45, 2.75) is 39.7 Å². The molecule has 0 radical (unpaired) electrons. The number of hydrogen-bond donors (Lipinski definition) is 1. The first-order valence-corrected chi connectivity index (χ1v) is 9.05. The fourth-order valence-corrected chi connectivity index (χ4v) is 4.02. The Hall–Kier alpha value is -0.780. The van der Waals surface area contributed by atoms with E-state index in [2.05, 4.69) is 27.8 Å². The molecule has 0 aliphatic carbocycles. The number of aliphatic hydroxyl groups excluding tert-OH is 1. The Morgan fingerprint density at radius 1 is 1.52 bits per heavy atom. The minimum atomic E-state index is -0.131. The van der Waals surface area contributed by atoms with E-state index in [1.165, 1.54) is 0 Å². The minimum Gasteiger partial charge on any atom is -0.466 e. The molecule has 1 saturated heterocycles. The summed E-state index contributed by atoms with van der Waals surface area (Å²) in [5.41, 5.74) is 1.88. The molecular formula is C17H23BrClNO3. The van der Waals surface area contributed by atoms with Crippen LogP contribution in [0.15, 0.2) is 16.6 Å². The average Bonchev–Trinajstić information content (AvgIpc) is 2.88. The van der Waals surface area contributed by atoms with E-state index in [1.807, 2.05) is 13.0 Å². The van der Waals surface area contributed by atoms with Crippen molar-refractivity contribution in [3.05, 3.63) is 27.2 Å². The molecule has 0 aromatic heterocycles. The van der Waals surface area contributed by atoms with Gasteiger partial charge in [0, 0.05) is 40.3 Å².